The van der Waals surface area contributed by atoms with Gasteiger partial charge in [-0.25, -0.2) is 0 Å². The summed E-state index contributed by atoms with van der Waals surface area (Å²) in [5.41, 5.74) is 2.35. The van der Waals surface area contributed by atoms with E-state index in [0.29, 0.717) is 6.54 Å². The van der Waals surface area contributed by atoms with Crippen LogP contribution < -0.4 is 5.32 Å². The van der Waals surface area contributed by atoms with Gasteiger partial charge in [-0.3, -0.25) is 0 Å². The molecule has 2 aromatic rings. The summed E-state index contributed by atoms with van der Waals surface area (Å²) in [6.45, 7) is 0.827. The lowest BCUT2D eigenvalue weighted by Gasteiger charge is -2.16. The number of aliphatic hydroxyl groups excluding tert-OH is 1. The van der Waals surface area contributed by atoms with Crippen molar-refractivity contribution in [3.8, 4) is 0 Å². The largest absolute Gasteiger partial charge is 0.395 e. The summed E-state index contributed by atoms with van der Waals surface area (Å²) in [5, 5.41) is 13.5. The predicted molar refractivity (Wildman–Crippen MR) is 79.3 cm³/mol. The summed E-state index contributed by atoms with van der Waals surface area (Å²) < 4.78 is 0. The smallest absolute Gasteiger partial charge is 0.0587 e. The summed E-state index contributed by atoms with van der Waals surface area (Å²) >= 11 is 5.95. The first kappa shape index (κ1) is 14.1. The van der Waals surface area contributed by atoms with E-state index < -0.39 is 0 Å². The average Bonchev–Trinajstić information content (AvgIpc) is 2.44. The van der Waals surface area contributed by atoms with Crippen molar-refractivity contribution in [3.63, 3.8) is 0 Å². The van der Waals surface area contributed by atoms with Crippen LogP contribution >= 0.6 is 11.6 Å². The molecule has 0 saturated heterocycles. The summed E-state index contributed by atoms with van der Waals surface area (Å²) in [5.74, 6) is 0. The van der Waals surface area contributed by atoms with Crippen LogP contribution in [0.5, 0.6) is 0 Å². The Hall–Kier alpha value is -1.35. The maximum absolute atomic E-state index is 9.43. The molecule has 0 aliphatic rings. The van der Waals surface area contributed by atoms with Crippen molar-refractivity contribution in [3.05, 3.63) is 70.7 Å². The van der Waals surface area contributed by atoms with Gasteiger partial charge in [0.2, 0.25) is 0 Å². The van der Waals surface area contributed by atoms with Crippen LogP contribution in [0.15, 0.2) is 54.6 Å². The minimum Gasteiger partial charge on any atom is -0.395 e. The first-order valence-corrected chi connectivity index (χ1v) is 6.78. The third kappa shape index (κ3) is 4.67. The standard InChI is InChI=1S/C16H18ClNO/c17-15-8-4-7-14(9-15)11-18-16(12-19)10-13-5-2-1-3-6-13/h1-9,16,18-19H,10-12H2/t16-/m1/s1. The predicted octanol–water partition coefficient (Wildman–Crippen LogP) is 3.03. The van der Waals surface area contributed by atoms with Crippen LogP contribution in [-0.4, -0.2) is 17.8 Å². The van der Waals surface area contributed by atoms with Crippen LogP contribution in [0.4, 0.5) is 0 Å². The molecule has 0 radical (unpaired) electrons. The molecule has 19 heavy (non-hydrogen) atoms. The molecular formula is C16H18ClNO. The zero-order valence-corrected chi connectivity index (χ0v) is 11.5. The molecule has 1 atom stereocenters. The first-order valence-electron chi connectivity index (χ1n) is 6.40. The van der Waals surface area contributed by atoms with Gasteiger partial charge in [0, 0.05) is 17.6 Å². The number of hydrogen-bond acceptors (Lipinski definition) is 2. The second-order valence-electron chi connectivity index (χ2n) is 4.58. The van der Waals surface area contributed by atoms with Crippen molar-refractivity contribution < 1.29 is 5.11 Å². The Morgan fingerprint density at radius 2 is 1.74 bits per heavy atom. The maximum Gasteiger partial charge on any atom is 0.0587 e. The molecule has 0 heterocycles. The molecule has 2 rings (SSSR count). The first-order chi connectivity index (χ1) is 9.28. The Kier molecular flexibility index (Phi) is 5.40. The van der Waals surface area contributed by atoms with E-state index in [4.69, 9.17) is 11.6 Å². The van der Waals surface area contributed by atoms with Gasteiger partial charge in [-0.1, -0.05) is 54.1 Å². The summed E-state index contributed by atoms with van der Waals surface area (Å²) in [6.07, 6.45) is 0.817. The number of hydrogen-bond donors (Lipinski definition) is 2. The zero-order chi connectivity index (χ0) is 13.5. The lowest BCUT2D eigenvalue weighted by Crippen LogP contribution is -2.34. The molecule has 0 unspecified atom stereocenters. The monoisotopic (exact) mass is 275 g/mol. The molecule has 3 heteroatoms. The lowest BCUT2D eigenvalue weighted by atomic mass is 10.1. The van der Waals surface area contributed by atoms with Crippen LogP contribution in [0.1, 0.15) is 11.1 Å². The highest BCUT2D eigenvalue weighted by Crippen LogP contribution is 2.11. The van der Waals surface area contributed by atoms with E-state index in [-0.39, 0.29) is 12.6 Å². The SMILES string of the molecule is OC[C@@H](Cc1ccccc1)NCc1cccc(Cl)c1. The molecule has 0 bridgehead atoms. The van der Waals surface area contributed by atoms with Crippen LogP contribution in [0, 0.1) is 0 Å². The van der Waals surface area contributed by atoms with Crippen molar-refractivity contribution in [1.29, 1.82) is 0 Å². The topological polar surface area (TPSA) is 32.3 Å². The van der Waals surface area contributed by atoms with Crippen LogP contribution in [-0.2, 0) is 13.0 Å². The minimum absolute atomic E-state index is 0.0568. The molecule has 0 aliphatic carbocycles. The third-order valence-electron chi connectivity index (χ3n) is 3.03. The Bertz CT molecular complexity index is 501. The second kappa shape index (κ2) is 7.29. The van der Waals surface area contributed by atoms with E-state index in [2.05, 4.69) is 17.4 Å². The quantitative estimate of drug-likeness (QED) is 0.849. The molecule has 2 nitrogen and oxygen atoms in total. The van der Waals surface area contributed by atoms with Crippen molar-refractivity contribution >= 4 is 11.6 Å². The highest BCUT2D eigenvalue weighted by atomic mass is 35.5. The van der Waals surface area contributed by atoms with Gasteiger partial charge in [0.05, 0.1) is 6.61 Å². The fraction of sp³-hybridized carbons (Fsp3) is 0.250. The van der Waals surface area contributed by atoms with Gasteiger partial charge in [0.1, 0.15) is 0 Å². The Labute approximate surface area is 119 Å². The highest BCUT2D eigenvalue weighted by Gasteiger charge is 2.07. The highest BCUT2D eigenvalue weighted by molar-refractivity contribution is 6.30. The number of benzene rings is 2. The number of aliphatic hydroxyl groups is 1. The van der Waals surface area contributed by atoms with Gasteiger partial charge in [-0.2, -0.15) is 0 Å². The molecule has 2 aromatic carbocycles. The Morgan fingerprint density at radius 3 is 2.42 bits per heavy atom. The van der Waals surface area contributed by atoms with E-state index in [9.17, 15) is 5.11 Å². The van der Waals surface area contributed by atoms with Gasteiger partial charge in [0.25, 0.3) is 0 Å². The van der Waals surface area contributed by atoms with Gasteiger partial charge in [-0.05, 0) is 29.7 Å². The van der Waals surface area contributed by atoms with E-state index in [1.807, 2.05) is 42.5 Å². The van der Waals surface area contributed by atoms with Gasteiger partial charge < -0.3 is 10.4 Å². The number of rotatable bonds is 6. The molecule has 0 aromatic heterocycles. The van der Waals surface area contributed by atoms with Gasteiger partial charge in [0.15, 0.2) is 0 Å². The van der Waals surface area contributed by atoms with Gasteiger partial charge in [-0.15, -0.1) is 0 Å². The fourth-order valence-corrected chi connectivity index (χ4v) is 2.22. The molecule has 0 spiro atoms. The van der Waals surface area contributed by atoms with Crippen molar-refractivity contribution in [2.75, 3.05) is 6.61 Å². The molecule has 2 N–H and O–H groups in total. The zero-order valence-electron chi connectivity index (χ0n) is 10.7. The summed E-state index contributed by atoms with van der Waals surface area (Å²) in [6, 6.07) is 18.0. The Morgan fingerprint density at radius 1 is 1.00 bits per heavy atom. The molecule has 0 fully saturated rings. The molecule has 0 amide bonds. The van der Waals surface area contributed by atoms with E-state index >= 15 is 0 Å². The number of halogens is 1. The van der Waals surface area contributed by atoms with E-state index in [1.165, 1.54) is 5.56 Å². The fourth-order valence-electron chi connectivity index (χ4n) is 2.01. The van der Waals surface area contributed by atoms with Crippen LogP contribution in [0.25, 0.3) is 0 Å². The van der Waals surface area contributed by atoms with E-state index in [1.54, 1.807) is 0 Å². The third-order valence-corrected chi connectivity index (χ3v) is 3.26. The molecule has 100 valence electrons. The van der Waals surface area contributed by atoms with Crippen molar-refractivity contribution in [1.82, 2.24) is 5.32 Å². The van der Waals surface area contributed by atoms with Crippen molar-refractivity contribution in [2.45, 2.75) is 19.0 Å². The molecule has 0 aliphatic heterocycles. The normalized spacial score (nSPS) is 12.3. The minimum atomic E-state index is 0.0568. The van der Waals surface area contributed by atoms with Gasteiger partial charge >= 0.3 is 0 Å². The summed E-state index contributed by atoms with van der Waals surface area (Å²) in [7, 11) is 0. The molecular weight excluding hydrogens is 258 g/mol. The summed E-state index contributed by atoms with van der Waals surface area (Å²) in [4.78, 5) is 0. The van der Waals surface area contributed by atoms with Crippen LogP contribution in [0.3, 0.4) is 0 Å². The number of nitrogens with one attached hydrogen (secondary N) is 1. The maximum atomic E-state index is 9.43. The lowest BCUT2D eigenvalue weighted by molar-refractivity contribution is 0.241. The second-order valence-corrected chi connectivity index (χ2v) is 5.02. The average molecular weight is 276 g/mol. The Balaban J connectivity index is 1.89. The van der Waals surface area contributed by atoms with Crippen molar-refractivity contribution in [2.24, 2.45) is 0 Å². The van der Waals surface area contributed by atoms with Crippen LogP contribution in [0.2, 0.25) is 5.02 Å². The van der Waals surface area contributed by atoms with E-state index in [0.717, 1.165) is 17.0 Å². The molecule has 0 saturated carbocycles.